The van der Waals surface area contributed by atoms with Gasteiger partial charge in [0.15, 0.2) is 0 Å². The number of hydrogen-bond acceptors (Lipinski definition) is 4. The second kappa shape index (κ2) is 6.11. The fourth-order valence-corrected chi connectivity index (χ4v) is 2.39. The Hall–Kier alpha value is -1.79. The lowest BCUT2D eigenvalue weighted by Gasteiger charge is -2.12. The van der Waals surface area contributed by atoms with Crippen LogP contribution in [0.15, 0.2) is 42.9 Å². The van der Waals surface area contributed by atoms with Gasteiger partial charge in [-0.3, -0.25) is 9.97 Å². The largest absolute Gasteiger partial charge is 0.265 e. The predicted octanol–water partition coefficient (Wildman–Crippen LogP) is 1.97. The Labute approximate surface area is 119 Å². The SMILES string of the molecule is CC(C)S(=O)(=O)NCc1cccnc1-c1ccncc1. The van der Waals surface area contributed by atoms with Crippen LogP contribution in [0.25, 0.3) is 11.3 Å². The van der Waals surface area contributed by atoms with Crippen molar-refractivity contribution in [3.05, 3.63) is 48.4 Å². The van der Waals surface area contributed by atoms with Gasteiger partial charge in [0.1, 0.15) is 0 Å². The molecule has 2 aromatic heterocycles. The molecule has 0 saturated carbocycles. The minimum Gasteiger partial charge on any atom is -0.265 e. The van der Waals surface area contributed by atoms with E-state index < -0.39 is 15.3 Å². The standard InChI is InChI=1S/C14H17N3O2S/c1-11(2)20(18,19)17-10-13-4-3-7-16-14(13)12-5-8-15-9-6-12/h3-9,11,17H,10H2,1-2H3. The highest BCUT2D eigenvalue weighted by molar-refractivity contribution is 7.90. The van der Waals surface area contributed by atoms with Gasteiger partial charge in [-0.05, 0) is 37.6 Å². The smallest absolute Gasteiger partial charge is 0.214 e. The van der Waals surface area contributed by atoms with Crippen LogP contribution in [0.3, 0.4) is 0 Å². The third-order valence-electron chi connectivity index (χ3n) is 2.93. The Morgan fingerprint density at radius 1 is 1.15 bits per heavy atom. The molecule has 0 aromatic carbocycles. The van der Waals surface area contributed by atoms with Crippen LogP contribution in [0.5, 0.6) is 0 Å². The molecule has 1 N–H and O–H groups in total. The normalized spacial score (nSPS) is 11.8. The van der Waals surface area contributed by atoms with Gasteiger partial charge in [-0.2, -0.15) is 0 Å². The molecule has 0 atom stereocenters. The van der Waals surface area contributed by atoms with Crippen molar-refractivity contribution in [1.82, 2.24) is 14.7 Å². The highest BCUT2D eigenvalue weighted by Crippen LogP contribution is 2.20. The lowest BCUT2D eigenvalue weighted by Crippen LogP contribution is -2.30. The second-order valence-electron chi connectivity index (χ2n) is 4.66. The summed E-state index contributed by atoms with van der Waals surface area (Å²) in [5.74, 6) is 0. The fraction of sp³-hybridized carbons (Fsp3) is 0.286. The van der Waals surface area contributed by atoms with Crippen LogP contribution < -0.4 is 4.72 Å². The Balaban J connectivity index is 2.26. The van der Waals surface area contributed by atoms with Gasteiger partial charge in [0, 0.05) is 30.7 Å². The average Bonchev–Trinajstić information content (AvgIpc) is 2.46. The average molecular weight is 291 g/mol. The molecule has 20 heavy (non-hydrogen) atoms. The van der Waals surface area contributed by atoms with E-state index in [0.717, 1.165) is 16.8 Å². The molecule has 2 heterocycles. The van der Waals surface area contributed by atoms with Crippen molar-refractivity contribution < 1.29 is 8.42 Å². The maximum Gasteiger partial charge on any atom is 0.214 e. The summed E-state index contributed by atoms with van der Waals surface area (Å²) in [5.41, 5.74) is 2.52. The molecule has 0 spiro atoms. The third-order valence-corrected chi connectivity index (χ3v) is 4.72. The van der Waals surface area contributed by atoms with E-state index in [1.807, 2.05) is 18.2 Å². The molecule has 2 aromatic rings. The van der Waals surface area contributed by atoms with E-state index in [1.165, 1.54) is 0 Å². The second-order valence-corrected chi connectivity index (χ2v) is 6.98. The van der Waals surface area contributed by atoms with E-state index in [2.05, 4.69) is 14.7 Å². The van der Waals surface area contributed by atoms with Gasteiger partial charge in [-0.25, -0.2) is 13.1 Å². The van der Waals surface area contributed by atoms with Crippen molar-refractivity contribution in [3.8, 4) is 11.3 Å². The minimum atomic E-state index is -3.29. The molecule has 0 aliphatic heterocycles. The number of sulfonamides is 1. The molecule has 0 amide bonds. The summed E-state index contributed by atoms with van der Waals surface area (Å²) >= 11 is 0. The molecule has 0 fully saturated rings. The van der Waals surface area contributed by atoms with E-state index in [0.29, 0.717) is 0 Å². The van der Waals surface area contributed by atoms with E-state index in [4.69, 9.17) is 0 Å². The maximum absolute atomic E-state index is 11.8. The van der Waals surface area contributed by atoms with Crippen LogP contribution in [0.4, 0.5) is 0 Å². The molecule has 0 saturated heterocycles. The van der Waals surface area contributed by atoms with Crippen LogP contribution in [0.2, 0.25) is 0 Å². The Bertz CT molecular complexity index is 670. The monoisotopic (exact) mass is 291 g/mol. The molecule has 0 radical (unpaired) electrons. The van der Waals surface area contributed by atoms with Gasteiger partial charge in [-0.1, -0.05) is 6.07 Å². The topological polar surface area (TPSA) is 72.0 Å². The summed E-state index contributed by atoms with van der Waals surface area (Å²) in [5, 5.41) is -0.455. The molecule has 0 aliphatic carbocycles. The molecule has 0 bridgehead atoms. The first-order chi connectivity index (χ1) is 9.50. The molecular formula is C14H17N3O2S. The molecule has 0 aliphatic rings. The van der Waals surface area contributed by atoms with Crippen molar-refractivity contribution in [3.63, 3.8) is 0 Å². The Morgan fingerprint density at radius 2 is 1.85 bits per heavy atom. The molecule has 106 valence electrons. The zero-order valence-electron chi connectivity index (χ0n) is 11.4. The lowest BCUT2D eigenvalue weighted by molar-refractivity contribution is 0.572. The number of nitrogens with zero attached hydrogens (tertiary/aromatic N) is 2. The first kappa shape index (κ1) is 14.6. The first-order valence-corrected chi connectivity index (χ1v) is 7.88. The zero-order valence-corrected chi connectivity index (χ0v) is 12.3. The summed E-state index contributed by atoms with van der Waals surface area (Å²) in [6.45, 7) is 3.52. The van der Waals surface area contributed by atoms with Crippen molar-refractivity contribution in [2.45, 2.75) is 25.6 Å². The summed E-state index contributed by atoms with van der Waals surface area (Å²) < 4.78 is 26.2. The van der Waals surface area contributed by atoms with Gasteiger partial charge >= 0.3 is 0 Å². The highest BCUT2D eigenvalue weighted by Gasteiger charge is 2.16. The predicted molar refractivity (Wildman–Crippen MR) is 78.4 cm³/mol. The van der Waals surface area contributed by atoms with Crippen LogP contribution in [0.1, 0.15) is 19.4 Å². The van der Waals surface area contributed by atoms with Crippen LogP contribution in [0, 0.1) is 0 Å². The number of pyridine rings is 2. The van der Waals surface area contributed by atoms with Crippen molar-refractivity contribution in [2.75, 3.05) is 0 Å². The van der Waals surface area contributed by atoms with E-state index in [1.54, 1.807) is 38.5 Å². The van der Waals surface area contributed by atoms with Gasteiger partial charge in [0.25, 0.3) is 0 Å². The van der Waals surface area contributed by atoms with Gasteiger partial charge < -0.3 is 0 Å². The molecule has 6 heteroatoms. The van der Waals surface area contributed by atoms with Crippen LogP contribution in [-0.2, 0) is 16.6 Å². The quantitative estimate of drug-likeness (QED) is 0.914. The first-order valence-electron chi connectivity index (χ1n) is 6.33. The summed E-state index contributed by atoms with van der Waals surface area (Å²) in [6.07, 6.45) is 5.06. The number of aromatic nitrogens is 2. The fourth-order valence-electron chi connectivity index (χ4n) is 1.70. The van der Waals surface area contributed by atoms with E-state index in [9.17, 15) is 8.42 Å². The van der Waals surface area contributed by atoms with Gasteiger partial charge in [-0.15, -0.1) is 0 Å². The third kappa shape index (κ3) is 3.40. The molecule has 5 nitrogen and oxygen atoms in total. The van der Waals surface area contributed by atoms with Crippen molar-refractivity contribution >= 4 is 10.0 Å². The van der Waals surface area contributed by atoms with Crippen LogP contribution >= 0.6 is 0 Å². The number of rotatable bonds is 5. The van der Waals surface area contributed by atoms with E-state index >= 15 is 0 Å². The van der Waals surface area contributed by atoms with Crippen molar-refractivity contribution in [1.29, 1.82) is 0 Å². The van der Waals surface area contributed by atoms with E-state index in [-0.39, 0.29) is 6.54 Å². The lowest BCUT2D eigenvalue weighted by atomic mass is 10.1. The number of nitrogens with one attached hydrogen (secondary N) is 1. The van der Waals surface area contributed by atoms with Gasteiger partial charge in [0.05, 0.1) is 10.9 Å². The molecular weight excluding hydrogens is 274 g/mol. The number of hydrogen-bond donors (Lipinski definition) is 1. The maximum atomic E-state index is 11.8. The summed E-state index contributed by atoms with van der Waals surface area (Å²) in [4.78, 5) is 8.30. The Morgan fingerprint density at radius 3 is 2.50 bits per heavy atom. The zero-order chi connectivity index (χ0) is 14.6. The minimum absolute atomic E-state index is 0.228. The highest BCUT2D eigenvalue weighted by atomic mass is 32.2. The summed E-state index contributed by atoms with van der Waals surface area (Å²) in [6, 6.07) is 7.36. The Kier molecular flexibility index (Phi) is 4.46. The summed E-state index contributed by atoms with van der Waals surface area (Å²) in [7, 11) is -3.29. The molecule has 2 rings (SSSR count). The van der Waals surface area contributed by atoms with Crippen LogP contribution in [-0.4, -0.2) is 23.6 Å². The van der Waals surface area contributed by atoms with Gasteiger partial charge in [0.2, 0.25) is 10.0 Å². The molecule has 0 unspecified atom stereocenters. The van der Waals surface area contributed by atoms with Crippen molar-refractivity contribution in [2.24, 2.45) is 0 Å².